The lowest BCUT2D eigenvalue weighted by molar-refractivity contribution is -0.122. The van der Waals surface area contributed by atoms with Crippen LogP contribution in [0.3, 0.4) is 0 Å². The Kier molecular flexibility index (Phi) is 6.47. The van der Waals surface area contributed by atoms with E-state index in [4.69, 9.17) is 5.73 Å². The molecular formula is C22H29FN4O2. The Morgan fingerprint density at radius 2 is 1.90 bits per heavy atom. The molecule has 2 aromatic rings. The molecule has 1 amide bonds. The van der Waals surface area contributed by atoms with Gasteiger partial charge in [0.15, 0.2) is 5.78 Å². The van der Waals surface area contributed by atoms with Gasteiger partial charge in [-0.15, -0.1) is 0 Å². The minimum atomic E-state index is -0.502. The lowest BCUT2D eigenvalue weighted by Crippen LogP contribution is -2.27. The third-order valence-electron chi connectivity index (χ3n) is 5.37. The number of Topliss-reactive ketones (excluding diaryl/α,β-unsaturated/α-hetero) is 1. The van der Waals surface area contributed by atoms with Crippen molar-refractivity contribution in [3.8, 4) is 11.4 Å². The highest BCUT2D eigenvalue weighted by atomic mass is 19.1. The van der Waals surface area contributed by atoms with E-state index in [2.05, 4.69) is 14.5 Å². The number of hydrogen-bond acceptors (Lipinski definition) is 4. The Morgan fingerprint density at radius 3 is 2.52 bits per heavy atom. The summed E-state index contributed by atoms with van der Waals surface area (Å²) in [5, 5.41) is 0. The van der Waals surface area contributed by atoms with E-state index < -0.39 is 11.8 Å². The summed E-state index contributed by atoms with van der Waals surface area (Å²) < 4.78 is 15.4. The van der Waals surface area contributed by atoms with Crippen molar-refractivity contribution in [2.75, 3.05) is 13.6 Å². The van der Waals surface area contributed by atoms with E-state index >= 15 is 0 Å². The van der Waals surface area contributed by atoms with Gasteiger partial charge in [0.05, 0.1) is 5.69 Å². The lowest BCUT2D eigenvalue weighted by atomic mass is 9.91. The van der Waals surface area contributed by atoms with Gasteiger partial charge in [-0.1, -0.05) is 13.8 Å². The van der Waals surface area contributed by atoms with E-state index in [1.807, 2.05) is 20.9 Å². The number of imidazole rings is 1. The molecule has 29 heavy (non-hydrogen) atoms. The zero-order valence-corrected chi connectivity index (χ0v) is 17.3. The summed E-state index contributed by atoms with van der Waals surface area (Å²) >= 11 is 0. The molecule has 0 unspecified atom stereocenters. The molecule has 0 bridgehead atoms. The van der Waals surface area contributed by atoms with Crippen LogP contribution in [0.4, 0.5) is 4.39 Å². The molecule has 0 spiro atoms. The molecule has 1 aromatic carbocycles. The van der Waals surface area contributed by atoms with Gasteiger partial charge in [-0.25, -0.2) is 9.37 Å². The van der Waals surface area contributed by atoms with Crippen molar-refractivity contribution in [2.24, 2.45) is 17.6 Å². The number of ketones is 1. The van der Waals surface area contributed by atoms with E-state index in [9.17, 15) is 14.0 Å². The Labute approximate surface area is 170 Å². The fourth-order valence-electron chi connectivity index (χ4n) is 3.95. The smallest absolute Gasteiger partial charge is 0.220 e. The van der Waals surface area contributed by atoms with Crippen LogP contribution < -0.4 is 5.73 Å². The summed E-state index contributed by atoms with van der Waals surface area (Å²) in [5.41, 5.74) is 7.56. The number of carbonyl (C=O) groups excluding carboxylic acids is 2. The summed E-state index contributed by atoms with van der Waals surface area (Å²) in [4.78, 5) is 31.9. The van der Waals surface area contributed by atoms with Crippen LogP contribution in [0.1, 0.15) is 49.3 Å². The second-order valence-corrected chi connectivity index (χ2v) is 8.34. The molecule has 3 rings (SSSR count). The summed E-state index contributed by atoms with van der Waals surface area (Å²) in [5.74, 6) is -0.503. The molecule has 0 fully saturated rings. The monoisotopic (exact) mass is 400 g/mol. The molecule has 156 valence electrons. The van der Waals surface area contributed by atoms with E-state index in [-0.39, 0.29) is 23.9 Å². The SMILES string of the molecule is CC(C)C[C@H](CC(=O)c1nc(-c2ccc(F)cc2)n2c1CN(C)CCC2)C(N)=O. The Morgan fingerprint density at radius 1 is 1.21 bits per heavy atom. The van der Waals surface area contributed by atoms with Crippen molar-refractivity contribution in [3.63, 3.8) is 0 Å². The highest BCUT2D eigenvalue weighted by molar-refractivity contribution is 5.98. The molecule has 0 radical (unpaired) electrons. The molecule has 1 aliphatic heterocycles. The van der Waals surface area contributed by atoms with Crippen molar-refractivity contribution >= 4 is 11.7 Å². The number of aromatic nitrogens is 2. The van der Waals surface area contributed by atoms with Crippen molar-refractivity contribution < 1.29 is 14.0 Å². The maximum Gasteiger partial charge on any atom is 0.220 e. The fourth-order valence-corrected chi connectivity index (χ4v) is 3.95. The second kappa shape index (κ2) is 8.86. The number of halogens is 1. The van der Waals surface area contributed by atoms with E-state index in [1.54, 1.807) is 12.1 Å². The molecule has 1 aliphatic rings. The van der Waals surface area contributed by atoms with Gasteiger partial charge in [-0.05, 0) is 56.6 Å². The van der Waals surface area contributed by atoms with Crippen molar-refractivity contribution in [1.82, 2.24) is 14.5 Å². The quantitative estimate of drug-likeness (QED) is 0.724. The third-order valence-corrected chi connectivity index (χ3v) is 5.37. The second-order valence-electron chi connectivity index (χ2n) is 8.34. The number of rotatable bonds is 7. The van der Waals surface area contributed by atoms with Gasteiger partial charge < -0.3 is 15.2 Å². The molecule has 7 heteroatoms. The first-order valence-corrected chi connectivity index (χ1v) is 10.1. The number of primary amides is 1. The average Bonchev–Trinajstić information content (AvgIpc) is 2.88. The maximum atomic E-state index is 13.4. The Hall–Kier alpha value is -2.54. The minimum absolute atomic E-state index is 0.0596. The number of nitrogens with two attached hydrogens (primary N) is 1. The molecule has 6 nitrogen and oxygen atoms in total. The molecule has 0 saturated carbocycles. The predicted octanol–water partition coefficient (Wildman–Crippen LogP) is 3.25. The van der Waals surface area contributed by atoms with Crippen LogP contribution in [0.25, 0.3) is 11.4 Å². The van der Waals surface area contributed by atoms with Gasteiger partial charge in [-0.2, -0.15) is 0 Å². The normalized spacial score (nSPS) is 15.8. The molecular weight excluding hydrogens is 371 g/mol. The summed E-state index contributed by atoms with van der Waals surface area (Å²) in [6, 6.07) is 6.15. The fraction of sp³-hybridized carbons (Fsp3) is 0.500. The van der Waals surface area contributed by atoms with Crippen LogP contribution in [-0.2, 0) is 17.9 Å². The van der Waals surface area contributed by atoms with E-state index in [1.165, 1.54) is 12.1 Å². The van der Waals surface area contributed by atoms with Crippen LogP contribution in [0.5, 0.6) is 0 Å². The van der Waals surface area contributed by atoms with Crippen LogP contribution in [-0.4, -0.2) is 39.7 Å². The van der Waals surface area contributed by atoms with E-state index in [0.29, 0.717) is 24.5 Å². The molecule has 1 aromatic heterocycles. The number of carbonyl (C=O) groups is 2. The first kappa shape index (κ1) is 21.2. The van der Waals surface area contributed by atoms with Gasteiger partial charge in [0.25, 0.3) is 0 Å². The van der Waals surface area contributed by atoms with Gasteiger partial charge in [-0.3, -0.25) is 9.59 Å². The minimum Gasteiger partial charge on any atom is -0.369 e. The molecule has 1 atom stereocenters. The third kappa shape index (κ3) is 4.90. The van der Waals surface area contributed by atoms with Gasteiger partial charge in [0, 0.05) is 31.0 Å². The number of nitrogens with zero attached hydrogens (tertiary/aromatic N) is 3. The number of fused-ring (bicyclic) bond motifs is 1. The summed E-state index contributed by atoms with van der Waals surface area (Å²) in [6.07, 6.45) is 1.56. The zero-order chi connectivity index (χ0) is 21.1. The molecule has 0 aliphatic carbocycles. The van der Waals surface area contributed by atoms with Gasteiger partial charge in [0.2, 0.25) is 5.91 Å². The summed E-state index contributed by atoms with van der Waals surface area (Å²) in [6.45, 7) is 6.25. The molecule has 2 heterocycles. The van der Waals surface area contributed by atoms with Gasteiger partial charge >= 0.3 is 0 Å². The topological polar surface area (TPSA) is 81.2 Å². The number of amides is 1. The van der Waals surface area contributed by atoms with Crippen LogP contribution >= 0.6 is 0 Å². The number of hydrogen-bond donors (Lipinski definition) is 1. The largest absolute Gasteiger partial charge is 0.369 e. The van der Waals surface area contributed by atoms with Gasteiger partial charge in [0.1, 0.15) is 17.3 Å². The lowest BCUT2D eigenvalue weighted by Gasteiger charge is -2.16. The average molecular weight is 400 g/mol. The van der Waals surface area contributed by atoms with E-state index in [0.717, 1.165) is 30.8 Å². The zero-order valence-electron chi connectivity index (χ0n) is 17.3. The highest BCUT2D eigenvalue weighted by Crippen LogP contribution is 2.28. The first-order chi connectivity index (χ1) is 13.8. The van der Waals surface area contributed by atoms with Crippen LogP contribution in [0.2, 0.25) is 0 Å². The highest BCUT2D eigenvalue weighted by Gasteiger charge is 2.29. The number of benzene rings is 1. The molecule has 0 saturated heterocycles. The van der Waals surface area contributed by atoms with Crippen molar-refractivity contribution in [2.45, 2.75) is 46.2 Å². The Bertz CT molecular complexity index is 889. The standard InChI is InChI=1S/C22H29FN4O2/c1-14(2)11-16(21(24)29)12-19(28)20-18-13-26(3)9-4-10-27(18)22(25-20)15-5-7-17(23)8-6-15/h5-8,14,16H,4,9-13H2,1-3H3,(H2,24,29)/t16-/m1/s1. The summed E-state index contributed by atoms with van der Waals surface area (Å²) in [7, 11) is 2.01. The first-order valence-electron chi connectivity index (χ1n) is 10.1. The van der Waals surface area contributed by atoms with Crippen LogP contribution in [0.15, 0.2) is 24.3 Å². The maximum absolute atomic E-state index is 13.4. The van der Waals surface area contributed by atoms with Crippen molar-refractivity contribution in [3.05, 3.63) is 41.5 Å². The van der Waals surface area contributed by atoms with Crippen molar-refractivity contribution in [1.29, 1.82) is 0 Å². The van der Waals surface area contributed by atoms with Crippen LogP contribution in [0, 0.1) is 17.7 Å². The predicted molar refractivity (Wildman–Crippen MR) is 110 cm³/mol. The Balaban J connectivity index is 2.00. The molecule has 2 N–H and O–H groups in total.